The van der Waals surface area contributed by atoms with Crippen LogP contribution >= 0.6 is 23.1 Å². The molecular weight excluding hydrogens is 270 g/mol. The Morgan fingerprint density at radius 3 is 2.89 bits per heavy atom. The van der Waals surface area contributed by atoms with Gasteiger partial charge < -0.3 is 0 Å². The lowest BCUT2D eigenvalue weighted by Gasteiger charge is -2.03. The van der Waals surface area contributed by atoms with Crippen molar-refractivity contribution in [3.05, 3.63) is 55.8 Å². The molecule has 0 N–H and O–H groups in total. The molecule has 0 bridgehead atoms. The van der Waals surface area contributed by atoms with Crippen LogP contribution in [0.15, 0.2) is 34.5 Å². The minimum Gasteiger partial charge on any atom is -0.287 e. The van der Waals surface area contributed by atoms with E-state index < -0.39 is 4.92 Å². The van der Waals surface area contributed by atoms with Gasteiger partial charge in [-0.2, -0.15) is 0 Å². The Bertz CT molecular complexity index is 663. The zero-order valence-corrected chi connectivity index (χ0v) is 10.7. The van der Waals surface area contributed by atoms with Crippen LogP contribution in [0.25, 0.3) is 0 Å². The highest BCUT2D eigenvalue weighted by Gasteiger charge is 2.29. The highest BCUT2D eigenvalue weighted by Crippen LogP contribution is 2.39. The number of hydrogen-bond donors (Lipinski definition) is 0. The van der Waals surface area contributed by atoms with Crippen LogP contribution in [0.5, 0.6) is 0 Å². The number of nitro benzene ring substituents is 1. The summed E-state index contributed by atoms with van der Waals surface area (Å²) in [5.41, 5.74) is 1.08. The molecule has 3 rings (SSSR count). The molecule has 2 aromatic rings. The quantitative estimate of drug-likeness (QED) is 0.591. The number of thioether (sulfide) groups is 1. The largest absolute Gasteiger partial charge is 0.287 e. The first-order valence-corrected chi connectivity index (χ1v) is 7.06. The number of benzene rings is 1. The number of hydrogen-bond acceptors (Lipinski definition) is 5. The van der Waals surface area contributed by atoms with Gasteiger partial charge in [0.1, 0.15) is 5.56 Å². The molecule has 0 aliphatic carbocycles. The molecule has 0 spiro atoms. The molecule has 1 aliphatic heterocycles. The van der Waals surface area contributed by atoms with Gasteiger partial charge in [-0.1, -0.05) is 6.07 Å². The van der Waals surface area contributed by atoms with Crippen molar-refractivity contribution in [1.82, 2.24) is 0 Å². The van der Waals surface area contributed by atoms with Crippen LogP contribution in [0.4, 0.5) is 5.69 Å². The molecule has 18 heavy (non-hydrogen) atoms. The topological polar surface area (TPSA) is 60.2 Å². The van der Waals surface area contributed by atoms with Gasteiger partial charge in [0.25, 0.3) is 5.69 Å². The van der Waals surface area contributed by atoms with E-state index >= 15 is 0 Å². The Balaban J connectivity index is 2.27. The lowest BCUT2D eigenvalue weighted by molar-refractivity contribution is -0.385. The Morgan fingerprint density at radius 2 is 2.11 bits per heavy atom. The number of nitro groups is 1. The molecule has 1 aromatic carbocycles. The second-order valence-corrected chi connectivity index (χ2v) is 5.73. The van der Waals surface area contributed by atoms with Crippen LogP contribution in [-0.4, -0.2) is 10.7 Å². The maximum Gasteiger partial charge on any atom is 0.281 e. The van der Waals surface area contributed by atoms with Crippen molar-refractivity contribution >= 4 is 34.6 Å². The third-order valence-electron chi connectivity index (χ3n) is 2.76. The summed E-state index contributed by atoms with van der Waals surface area (Å²) in [7, 11) is 0. The number of carbonyl (C=O) groups is 1. The fourth-order valence-corrected chi connectivity index (χ4v) is 3.97. The van der Waals surface area contributed by atoms with Gasteiger partial charge in [0.05, 0.1) is 9.80 Å². The highest BCUT2D eigenvalue weighted by molar-refractivity contribution is 7.98. The second kappa shape index (κ2) is 4.22. The maximum absolute atomic E-state index is 12.4. The summed E-state index contributed by atoms with van der Waals surface area (Å²) in [5.74, 6) is 0.450. The Morgan fingerprint density at radius 1 is 1.28 bits per heavy atom. The van der Waals surface area contributed by atoms with E-state index in [1.54, 1.807) is 12.1 Å². The van der Waals surface area contributed by atoms with Crippen LogP contribution in [0, 0.1) is 10.1 Å². The molecule has 1 aromatic heterocycles. The molecular formula is C12H7NO3S2. The van der Waals surface area contributed by atoms with Crippen LogP contribution in [0.3, 0.4) is 0 Å². The van der Waals surface area contributed by atoms with Gasteiger partial charge in [0.2, 0.25) is 5.78 Å². The summed E-state index contributed by atoms with van der Waals surface area (Å²) in [6.07, 6.45) is 0. The van der Waals surface area contributed by atoms with E-state index in [2.05, 4.69) is 0 Å². The van der Waals surface area contributed by atoms with Gasteiger partial charge in [-0.05, 0) is 23.1 Å². The van der Waals surface area contributed by atoms with Gasteiger partial charge in [-0.25, -0.2) is 0 Å². The van der Waals surface area contributed by atoms with Gasteiger partial charge >= 0.3 is 0 Å². The van der Waals surface area contributed by atoms with Crippen LogP contribution < -0.4 is 0 Å². The van der Waals surface area contributed by atoms with Crippen molar-refractivity contribution in [3.63, 3.8) is 0 Å². The zero-order chi connectivity index (χ0) is 12.7. The number of fused-ring (bicyclic) bond motifs is 2. The number of rotatable bonds is 1. The van der Waals surface area contributed by atoms with Crippen molar-refractivity contribution in [1.29, 1.82) is 0 Å². The van der Waals surface area contributed by atoms with Crippen molar-refractivity contribution in [3.8, 4) is 0 Å². The normalized spacial score (nSPS) is 13.7. The predicted octanol–water partition coefficient (Wildman–Crippen LogP) is 3.49. The van der Waals surface area contributed by atoms with E-state index in [9.17, 15) is 14.9 Å². The van der Waals surface area contributed by atoms with Crippen LogP contribution in [0.1, 0.15) is 20.8 Å². The summed E-state index contributed by atoms with van der Waals surface area (Å²) < 4.78 is 0. The van der Waals surface area contributed by atoms with E-state index in [0.29, 0.717) is 15.5 Å². The fourth-order valence-electron chi connectivity index (χ4n) is 1.94. The molecule has 0 atom stereocenters. The monoisotopic (exact) mass is 277 g/mol. The molecule has 0 radical (unpaired) electrons. The summed E-state index contributed by atoms with van der Waals surface area (Å²) in [6.45, 7) is 0. The Hall–Kier alpha value is -1.66. The molecule has 0 unspecified atom stereocenters. The number of ketones is 1. The SMILES string of the molecule is O=C1c2sccc2CSc2cccc([N+](=O)[O-])c21. The molecule has 2 heterocycles. The van der Waals surface area contributed by atoms with E-state index in [-0.39, 0.29) is 17.0 Å². The molecule has 6 heteroatoms. The van der Waals surface area contributed by atoms with Crippen molar-refractivity contribution in [2.45, 2.75) is 10.6 Å². The van der Waals surface area contributed by atoms with Crippen molar-refractivity contribution in [2.75, 3.05) is 0 Å². The lowest BCUT2D eigenvalue weighted by Crippen LogP contribution is -2.05. The first-order chi connectivity index (χ1) is 8.68. The van der Waals surface area contributed by atoms with Gasteiger partial charge in [-0.3, -0.25) is 14.9 Å². The Labute approximate surface area is 111 Å². The lowest BCUT2D eigenvalue weighted by atomic mass is 10.1. The third kappa shape index (κ3) is 1.65. The number of nitrogens with zero attached hydrogens (tertiary/aromatic N) is 1. The molecule has 0 saturated heterocycles. The third-order valence-corrected chi connectivity index (χ3v) is 4.83. The van der Waals surface area contributed by atoms with E-state index in [1.807, 2.05) is 11.4 Å². The first kappa shape index (κ1) is 11.4. The summed E-state index contributed by atoms with van der Waals surface area (Å²) in [6, 6.07) is 6.68. The summed E-state index contributed by atoms with van der Waals surface area (Å²) in [4.78, 5) is 24.3. The molecule has 90 valence electrons. The van der Waals surface area contributed by atoms with Crippen LogP contribution in [-0.2, 0) is 5.75 Å². The van der Waals surface area contributed by atoms with Crippen molar-refractivity contribution in [2.24, 2.45) is 0 Å². The minimum atomic E-state index is -0.490. The predicted molar refractivity (Wildman–Crippen MR) is 70.4 cm³/mol. The molecule has 0 fully saturated rings. The average Bonchev–Trinajstić information content (AvgIpc) is 2.78. The Kier molecular flexibility index (Phi) is 2.68. The summed E-state index contributed by atoms with van der Waals surface area (Å²) in [5, 5.41) is 12.9. The zero-order valence-electron chi connectivity index (χ0n) is 9.08. The number of thiophene rings is 1. The standard InChI is InChI=1S/C12H7NO3S2/c14-11-10-8(13(15)16)2-1-3-9(10)18-6-7-4-5-17-12(7)11/h1-5H,6H2. The molecule has 4 nitrogen and oxygen atoms in total. The van der Waals surface area contributed by atoms with Gasteiger partial charge in [0, 0.05) is 16.7 Å². The fraction of sp³-hybridized carbons (Fsp3) is 0.0833. The average molecular weight is 277 g/mol. The highest BCUT2D eigenvalue weighted by atomic mass is 32.2. The van der Waals surface area contributed by atoms with Gasteiger partial charge in [-0.15, -0.1) is 23.1 Å². The van der Waals surface area contributed by atoms with Crippen LogP contribution in [0.2, 0.25) is 0 Å². The second-order valence-electron chi connectivity index (χ2n) is 3.80. The maximum atomic E-state index is 12.4. The molecule has 0 amide bonds. The number of carbonyl (C=O) groups excluding carboxylic acids is 1. The molecule has 0 saturated carbocycles. The van der Waals surface area contributed by atoms with E-state index in [4.69, 9.17) is 0 Å². The van der Waals surface area contributed by atoms with Crippen molar-refractivity contribution < 1.29 is 9.72 Å². The summed E-state index contributed by atoms with van der Waals surface area (Å²) >= 11 is 2.82. The van der Waals surface area contributed by atoms with Gasteiger partial charge in [0.15, 0.2) is 0 Å². The first-order valence-electron chi connectivity index (χ1n) is 5.20. The van der Waals surface area contributed by atoms with E-state index in [0.717, 1.165) is 5.56 Å². The smallest absolute Gasteiger partial charge is 0.281 e. The molecule has 1 aliphatic rings. The minimum absolute atomic E-state index is 0.105. The van der Waals surface area contributed by atoms with E-state index in [1.165, 1.54) is 29.2 Å².